The second-order valence-electron chi connectivity index (χ2n) is 7.25. The molecule has 156 valence electrons. The Morgan fingerprint density at radius 1 is 1.03 bits per heavy atom. The molecule has 1 aromatic heterocycles. The van der Waals surface area contributed by atoms with Crippen molar-refractivity contribution in [2.24, 2.45) is 0 Å². The minimum absolute atomic E-state index is 0.0523. The zero-order valence-corrected chi connectivity index (χ0v) is 18.0. The highest BCUT2D eigenvalue weighted by atomic mass is 32.1. The van der Waals surface area contributed by atoms with Crippen LogP contribution in [0.5, 0.6) is 0 Å². The van der Waals surface area contributed by atoms with Crippen LogP contribution in [0.1, 0.15) is 11.1 Å². The molecular formula is C24H23N5OS. The average Bonchev–Trinajstić information content (AvgIpc) is 3.14. The maximum Gasteiger partial charge on any atom is 0.258 e. The molecule has 0 aliphatic rings. The van der Waals surface area contributed by atoms with E-state index in [0.29, 0.717) is 17.1 Å². The summed E-state index contributed by atoms with van der Waals surface area (Å²) in [7, 11) is 0. The van der Waals surface area contributed by atoms with Gasteiger partial charge in [0.25, 0.3) is 5.91 Å². The highest BCUT2D eigenvalue weighted by molar-refractivity contribution is 7.71. The first-order chi connectivity index (χ1) is 15.1. The lowest BCUT2D eigenvalue weighted by Crippen LogP contribution is -2.43. The summed E-state index contributed by atoms with van der Waals surface area (Å²) in [5.41, 5.74) is 7.03. The Morgan fingerprint density at radius 2 is 1.74 bits per heavy atom. The Morgan fingerprint density at radius 3 is 2.45 bits per heavy atom. The van der Waals surface area contributed by atoms with E-state index in [-0.39, 0.29) is 12.5 Å². The molecule has 0 spiro atoms. The number of aromatic amines is 1. The van der Waals surface area contributed by atoms with Crippen LogP contribution in [0.4, 0.5) is 5.69 Å². The number of anilines is 1. The maximum absolute atomic E-state index is 13.0. The lowest BCUT2D eigenvalue weighted by Gasteiger charge is -2.25. The van der Waals surface area contributed by atoms with Gasteiger partial charge >= 0.3 is 0 Å². The monoisotopic (exact) mass is 429 g/mol. The molecule has 1 heterocycles. The number of amides is 1. The van der Waals surface area contributed by atoms with E-state index in [9.17, 15) is 4.79 Å². The number of carbonyl (C=O) groups is 1. The summed E-state index contributed by atoms with van der Waals surface area (Å²) in [6.45, 7) is 2.61. The molecule has 7 heteroatoms. The highest BCUT2D eigenvalue weighted by Crippen LogP contribution is 2.19. The average molecular weight is 430 g/mol. The van der Waals surface area contributed by atoms with Crippen molar-refractivity contribution in [1.29, 1.82) is 0 Å². The molecule has 2 N–H and O–H groups in total. The van der Waals surface area contributed by atoms with Crippen molar-refractivity contribution < 1.29 is 4.79 Å². The molecule has 0 bridgehead atoms. The van der Waals surface area contributed by atoms with Gasteiger partial charge in [-0.3, -0.25) is 24.9 Å². The molecule has 3 aromatic carbocycles. The van der Waals surface area contributed by atoms with Gasteiger partial charge in [-0.1, -0.05) is 72.3 Å². The lowest BCUT2D eigenvalue weighted by atomic mass is 10.1. The van der Waals surface area contributed by atoms with E-state index < -0.39 is 0 Å². The topological polar surface area (TPSA) is 66.0 Å². The summed E-state index contributed by atoms with van der Waals surface area (Å²) in [5.74, 6) is 0.448. The minimum Gasteiger partial charge on any atom is -0.291 e. The van der Waals surface area contributed by atoms with Gasteiger partial charge in [-0.15, -0.1) is 0 Å². The predicted octanol–water partition coefficient (Wildman–Crippen LogP) is 4.65. The number of rotatable bonds is 7. The molecule has 4 aromatic rings. The van der Waals surface area contributed by atoms with Crippen molar-refractivity contribution in [2.45, 2.75) is 20.0 Å². The molecule has 31 heavy (non-hydrogen) atoms. The van der Waals surface area contributed by atoms with Crippen molar-refractivity contribution >= 4 is 23.8 Å². The van der Waals surface area contributed by atoms with Crippen LogP contribution in [-0.2, 0) is 17.9 Å². The number of hydrogen-bond acceptors (Lipinski definition) is 4. The molecule has 0 saturated heterocycles. The predicted molar refractivity (Wildman–Crippen MR) is 125 cm³/mol. The molecule has 0 atom stereocenters. The summed E-state index contributed by atoms with van der Waals surface area (Å²) in [6.07, 6.45) is 0. The van der Waals surface area contributed by atoms with Gasteiger partial charge in [0.1, 0.15) is 6.54 Å². The SMILES string of the molecule is Cc1cccc(-c2n[nH]c(=S)n2CC(=O)NN(Cc2ccccc2)c2ccccc2)c1. The summed E-state index contributed by atoms with van der Waals surface area (Å²) in [4.78, 5) is 13.0. The van der Waals surface area contributed by atoms with Crippen LogP contribution >= 0.6 is 12.2 Å². The first-order valence-electron chi connectivity index (χ1n) is 9.98. The van der Waals surface area contributed by atoms with Gasteiger partial charge in [0.05, 0.1) is 12.2 Å². The normalized spacial score (nSPS) is 10.6. The van der Waals surface area contributed by atoms with Gasteiger partial charge < -0.3 is 0 Å². The number of para-hydroxylation sites is 1. The second kappa shape index (κ2) is 9.40. The van der Waals surface area contributed by atoms with Crippen LogP contribution in [-0.4, -0.2) is 20.7 Å². The Hall–Kier alpha value is -3.71. The molecule has 0 aliphatic carbocycles. The van der Waals surface area contributed by atoms with Crippen molar-refractivity contribution in [3.05, 3.63) is 101 Å². The molecule has 0 fully saturated rings. The fraction of sp³-hybridized carbons (Fsp3) is 0.125. The Kier molecular flexibility index (Phi) is 6.24. The largest absolute Gasteiger partial charge is 0.291 e. The molecule has 1 amide bonds. The summed E-state index contributed by atoms with van der Waals surface area (Å²) in [5, 5.41) is 8.99. The smallest absolute Gasteiger partial charge is 0.258 e. The zero-order chi connectivity index (χ0) is 21.6. The highest BCUT2D eigenvalue weighted by Gasteiger charge is 2.15. The van der Waals surface area contributed by atoms with Crippen molar-refractivity contribution in [1.82, 2.24) is 20.2 Å². The van der Waals surface area contributed by atoms with E-state index in [4.69, 9.17) is 12.2 Å². The number of aromatic nitrogens is 3. The quantitative estimate of drug-likeness (QED) is 0.331. The molecule has 0 saturated carbocycles. The van der Waals surface area contributed by atoms with Crippen LogP contribution < -0.4 is 10.4 Å². The van der Waals surface area contributed by atoms with E-state index in [1.807, 2.05) is 96.9 Å². The first-order valence-corrected chi connectivity index (χ1v) is 10.4. The number of H-pyrrole nitrogens is 1. The molecular weight excluding hydrogens is 406 g/mol. The summed E-state index contributed by atoms with van der Waals surface area (Å²) >= 11 is 5.39. The van der Waals surface area contributed by atoms with Crippen molar-refractivity contribution in [3.63, 3.8) is 0 Å². The van der Waals surface area contributed by atoms with Gasteiger partial charge in [-0.05, 0) is 42.9 Å². The zero-order valence-electron chi connectivity index (χ0n) is 17.2. The third kappa shape index (κ3) is 5.07. The van der Waals surface area contributed by atoms with Crippen LogP contribution in [0, 0.1) is 11.7 Å². The molecule has 0 aliphatic heterocycles. The van der Waals surface area contributed by atoms with E-state index in [2.05, 4.69) is 15.6 Å². The van der Waals surface area contributed by atoms with Crippen LogP contribution in [0.3, 0.4) is 0 Å². The maximum atomic E-state index is 13.0. The number of benzene rings is 3. The van der Waals surface area contributed by atoms with Gasteiger partial charge in [0.15, 0.2) is 10.6 Å². The number of carbonyl (C=O) groups excluding carboxylic acids is 1. The van der Waals surface area contributed by atoms with E-state index >= 15 is 0 Å². The second-order valence-corrected chi connectivity index (χ2v) is 7.64. The molecule has 0 unspecified atom stereocenters. The van der Waals surface area contributed by atoms with Crippen LogP contribution in [0.15, 0.2) is 84.9 Å². The van der Waals surface area contributed by atoms with Crippen molar-refractivity contribution in [3.8, 4) is 11.4 Å². The number of aryl methyl sites for hydroxylation is 1. The third-order valence-corrected chi connectivity index (χ3v) is 5.16. The standard InChI is InChI=1S/C24H23N5OS/c1-18-9-8-12-20(15-18)23-25-26-24(31)28(23)17-22(30)27-29(21-13-6-3-7-14-21)16-19-10-4-2-5-11-19/h2-15H,16-17H2,1H3,(H,26,31)(H,27,30). The number of hydrogen-bond donors (Lipinski definition) is 2. The van der Waals surface area contributed by atoms with E-state index in [0.717, 1.165) is 22.4 Å². The fourth-order valence-electron chi connectivity index (χ4n) is 3.37. The Labute approximate surface area is 186 Å². The number of nitrogens with one attached hydrogen (secondary N) is 2. The van der Waals surface area contributed by atoms with Gasteiger partial charge in [-0.2, -0.15) is 5.10 Å². The number of hydrazine groups is 1. The van der Waals surface area contributed by atoms with E-state index in [1.54, 1.807) is 4.57 Å². The Balaban J connectivity index is 1.56. The van der Waals surface area contributed by atoms with Gasteiger partial charge in [-0.25, -0.2) is 0 Å². The molecule has 6 nitrogen and oxygen atoms in total. The number of nitrogens with zero attached hydrogens (tertiary/aromatic N) is 3. The summed E-state index contributed by atoms with van der Waals surface area (Å²) in [6, 6.07) is 27.7. The van der Waals surface area contributed by atoms with Crippen LogP contribution in [0.2, 0.25) is 0 Å². The molecule has 4 rings (SSSR count). The Bertz CT molecular complexity index is 1220. The van der Waals surface area contributed by atoms with Gasteiger partial charge in [0, 0.05) is 5.56 Å². The minimum atomic E-state index is -0.189. The lowest BCUT2D eigenvalue weighted by molar-refractivity contribution is -0.121. The van der Waals surface area contributed by atoms with Crippen LogP contribution in [0.25, 0.3) is 11.4 Å². The third-order valence-electron chi connectivity index (χ3n) is 4.85. The fourth-order valence-corrected chi connectivity index (χ4v) is 3.56. The van der Waals surface area contributed by atoms with Gasteiger partial charge in [0.2, 0.25) is 0 Å². The summed E-state index contributed by atoms with van der Waals surface area (Å²) < 4.78 is 2.12. The van der Waals surface area contributed by atoms with Crippen molar-refractivity contribution in [2.75, 3.05) is 5.01 Å². The van der Waals surface area contributed by atoms with E-state index in [1.165, 1.54) is 0 Å². The molecule has 0 radical (unpaired) electrons. The first kappa shape index (κ1) is 20.6.